The Kier molecular flexibility index (Phi) is 3.27. The normalized spacial score (nSPS) is 27.9. The number of aliphatic hydroxyl groups is 1. The van der Waals surface area contributed by atoms with Crippen molar-refractivity contribution in [1.29, 1.82) is 0 Å². The molecule has 1 unspecified atom stereocenters. The predicted molar refractivity (Wildman–Crippen MR) is 62.6 cm³/mol. The van der Waals surface area contributed by atoms with Gasteiger partial charge in [0.25, 0.3) is 0 Å². The molecule has 2 heterocycles. The van der Waals surface area contributed by atoms with Crippen molar-refractivity contribution < 1.29 is 5.11 Å². The van der Waals surface area contributed by atoms with Crippen molar-refractivity contribution in [2.75, 3.05) is 13.2 Å². The SMILES string of the molecule is OCC1(c2ccc(Br)s2)CCCCN1. The Morgan fingerprint density at radius 3 is 2.86 bits per heavy atom. The Morgan fingerprint density at radius 2 is 2.36 bits per heavy atom. The standard InChI is InChI=1S/C10H14BrNOS/c11-9-4-3-8(14-9)10(7-13)5-1-2-6-12-10/h3-4,12-13H,1-2,5-7H2. The molecule has 1 aromatic rings. The Labute approximate surface area is 96.5 Å². The molecule has 2 N–H and O–H groups in total. The Bertz CT molecular complexity index is 307. The molecular formula is C10H14BrNOS. The number of nitrogens with one attached hydrogen (secondary N) is 1. The Hall–Kier alpha value is 0.1000. The minimum atomic E-state index is -0.172. The van der Waals surface area contributed by atoms with Crippen LogP contribution < -0.4 is 5.32 Å². The molecule has 78 valence electrons. The van der Waals surface area contributed by atoms with E-state index in [1.165, 1.54) is 17.7 Å². The van der Waals surface area contributed by atoms with Gasteiger partial charge in [-0.05, 0) is 53.9 Å². The third kappa shape index (κ3) is 1.89. The second-order valence-electron chi connectivity index (χ2n) is 3.73. The highest BCUT2D eigenvalue weighted by molar-refractivity contribution is 9.11. The summed E-state index contributed by atoms with van der Waals surface area (Å²) in [5, 5.41) is 13.0. The maximum absolute atomic E-state index is 9.53. The second kappa shape index (κ2) is 4.31. The minimum absolute atomic E-state index is 0.172. The molecule has 2 nitrogen and oxygen atoms in total. The quantitative estimate of drug-likeness (QED) is 0.869. The lowest BCUT2D eigenvalue weighted by Gasteiger charge is -2.36. The van der Waals surface area contributed by atoms with Gasteiger partial charge in [-0.3, -0.25) is 0 Å². The first-order valence-corrected chi connectivity index (χ1v) is 6.49. The molecule has 1 aliphatic heterocycles. The van der Waals surface area contributed by atoms with E-state index in [0.717, 1.165) is 16.8 Å². The molecule has 1 saturated heterocycles. The van der Waals surface area contributed by atoms with E-state index in [1.54, 1.807) is 11.3 Å². The maximum Gasteiger partial charge on any atom is 0.0763 e. The number of hydrogen-bond acceptors (Lipinski definition) is 3. The average Bonchev–Trinajstić information content (AvgIpc) is 2.66. The van der Waals surface area contributed by atoms with Crippen molar-refractivity contribution in [3.63, 3.8) is 0 Å². The molecule has 14 heavy (non-hydrogen) atoms. The van der Waals surface area contributed by atoms with E-state index in [-0.39, 0.29) is 12.1 Å². The molecule has 1 fully saturated rings. The van der Waals surface area contributed by atoms with Crippen LogP contribution in [0.2, 0.25) is 0 Å². The summed E-state index contributed by atoms with van der Waals surface area (Å²) in [5.74, 6) is 0. The van der Waals surface area contributed by atoms with Crippen molar-refractivity contribution >= 4 is 27.3 Å². The first kappa shape index (κ1) is 10.6. The van der Waals surface area contributed by atoms with Gasteiger partial charge in [0.15, 0.2) is 0 Å². The first-order valence-electron chi connectivity index (χ1n) is 4.88. The molecule has 0 amide bonds. The lowest BCUT2D eigenvalue weighted by atomic mass is 9.88. The molecule has 1 atom stereocenters. The monoisotopic (exact) mass is 275 g/mol. The molecule has 4 heteroatoms. The largest absolute Gasteiger partial charge is 0.394 e. The minimum Gasteiger partial charge on any atom is -0.394 e. The van der Waals surface area contributed by atoms with Crippen LogP contribution in [0.3, 0.4) is 0 Å². The average molecular weight is 276 g/mol. The van der Waals surface area contributed by atoms with Crippen molar-refractivity contribution in [2.45, 2.75) is 24.8 Å². The van der Waals surface area contributed by atoms with Gasteiger partial charge in [-0.1, -0.05) is 0 Å². The molecular weight excluding hydrogens is 262 g/mol. The van der Waals surface area contributed by atoms with Gasteiger partial charge in [-0.2, -0.15) is 0 Å². The van der Waals surface area contributed by atoms with Gasteiger partial charge in [0, 0.05) is 4.88 Å². The zero-order valence-electron chi connectivity index (χ0n) is 7.92. The summed E-state index contributed by atoms with van der Waals surface area (Å²) >= 11 is 5.17. The predicted octanol–water partition coefficient (Wildman–Crippen LogP) is 2.47. The van der Waals surface area contributed by atoms with E-state index in [2.05, 4.69) is 27.3 Å². The molecule has 1 aliphatic rings. The Morgan fingerprint density at radius 1 is 1.50 bits per heavy atom. The molecule has 0 radical (unpaired) electrons. The van der Waals surface area contributed by atoms with Crippen LogP contribution in [-0.4, -0.2) is 18.3 Å². The van der Waals surface area contributed by atoms with Crippen molar-refractivity contribution in [3.05, 3.63) is 20.8 Å². The third-order valence-electron chi connectivity index (χ3n) is 2.81. The summed E-state index contributed by atoms with van der Waals surface area (Å²) in [6.45, 7) is 1.20. The van der Waals surface area contributed by atoms with Gasteiger partial charge in [0.2, 0.25) is 0 Å². The van der Waals surface area contributed by atoms with Crippen LogP contribution in [0.4, 0.5) is 0 Å². The number of piperidine rings is 1. The van der Waals surface area contributed by atoms with E-state index < -0.39 is 0 Å². The lowest BCUT2D eigenvalue weighted by molar-refractivity contribution is 0.134. The van der Waals surface area contributed by atoms with Gasteiger partial charge >= 0.3 is 0 Å². The fourth-order valence-corrected chi connectivity index (χ4v) is 3.53. The molecule has 0 spiro atoms. The number of halogens is 1. The zero-order chi connectivity index (χ0) is 10.0. The number of aliphatic hydroxyl groups excluding tert-OH is 1. The van der Waals surface area contributed by atoms with Gasteiger partial charge in [-0.15, -0.1) is 11.3 Å². The fourth-order valence-electron chi connectivity index (χ4n) is 1.96. The molecule has 0 saturated carbocycles. The third-order valence-corrected chi connectivity index (χ3v) is 4.64. The van der Waals surface area contributed by atoms with Gasteiger partial charge in [-0.25, -0.2) is 0 Å². The summed E-state index contributed by atoms with van der Waals surface area (Å²) in [7, 11) is 0. The van der Waals surface area contributed by atoms with Crippen LogP contribution in [-0.2, 0) is 5.54 Å². The fraction of sp³-hybridized carbons (Fsp3) is 0.600. The van der Waals surface area contributed by atoms with Crippen LogP contribution >= 0.6 is 27.3 Å². The molecule has 2 rings (SSSR count). The summed E-state index contributed by atoms with van der Waals surface area (Å²) in [6, 6.07) is 4.15. The number of hydrogen-bond donors (Lipinski definition) is 2. The van der Waals surface area contributed by atoms with E-state index in [0.29, 0.717) is 0 Å². The van der Waals surface area contributed by atoms with Crippen molar-refractivity contribution in [2.24, 2.45) is 0 Å². The first-order chi connectivity index (χ1) is 6.77. The van der Waals surface area contributed by atoms with Crippen LogP contribution in [0, 0.1) is 0 Å². The Balaban J connectivity index is 2.26. The smallest absolute Gasteiger partial charge is 0.0763 e. The number of thiophene rings is 1. The van der Waals surface area contributed by atoms with E-state index >= 15 is 0 Å². The highest BCUT2D eigenvalue weighted by Crippen LogP contribution is 2.36. The zero-order valence-corrected chi connectivity index (χ0v) is 10.3. The lowest BCUT2D eigenvalue weighted by Crippen LogP contribution is -2.48. The van der Waals surface area contributed by atoms with Crippen LogP contribution in [0.25, 0.3) is 0 Å². The maximum atomic E-state index is 9.53. The van der Waals surface area contributed by atoms with Crippen LogP contribution in [0.5, 0.6) is 0 Å². The van der Waals surface area contributed by atoms with E-state index in [4.69, 9.17) is 0 Å². The highest BCUT2D eigenvalue weighted by atomic mass is 79.9. The molecule has 1 aromatic heterocycles. The van der Waals surface area contributed by atoms with Crippen LogP contribution in [0.1, 0.15) is 24.1 Å². The summed E-state index contributed by atoms with van der Waals surface area (Å²) in [6.07, 6.45) is 3.45. The van der Waals surface area contributed by atoms with Crippen molar-refractivity contribution in [1.82, 2.24) is 5.32 Å². The van der Waals surface area contributed by atoms with E-state index in [9.17, 15) is 5.11 Å². The topological polar surface area (TPSA) is 32.3 Å². The summed E-state index contributed by atoms with van der Waals surface area (Å²) < 4.78 is 1.13. The van der Waals surface area contributed by atoms with Gasteiger partial charge in [0.1, 0.15) is 0 Å². The van der Waals surface area contributed by atoms with Gasteiger partial charge < -0.3 is 10.4 Å². The van der Waals surface area contributed by atoms with Gasteiger partial charge in [0.05, 0.1) is 15.9 Å². The molecule has 0 bridgehead atoms. The van der Waals surface area contributed by atoms with Crippen molar-refractivity contribution in [3.8, 4) is 0 Å². The molecule has 0 aliphatic carbocycles. The number of rotatable bonds is 2. The second-order valence-corrected chi connectivity index (χ2v) is 6.19. The molecule has 0 aromatic carbocycles. The van der Waals surface area contributed by atoms with E-state index in [1.807, 2.05) is 6.07 Å². The summed E-state index contributed by atoms with van der Waals surface area (Å²) in [5.41, 5.74) is -0.172. The van der Waals surface area contributed by atoms with Crippen LogP contribution in [0.15, 0.2) is 15.9 Å². The summed E-state index contributed by atoms with van der Waals surface area (Å²) in [4.78, 5) is 1.24. The highest BCUT2D eigenvalue weighted by Gasteiger charge is 2.34.